The van der Waals surface area contributed by atoms with Crippen LogP contribution < -0.4 is 5.32 Å². The number of aromatic carboxylic acids is 1. The molecule has 0 saturated heterocycles. The van der Waals surface area contributed by atoms with Crippen LogP contribution in [0, 0.1) is 5.41 Å². The molecule has 0 amide bonds. The first kappa shape index (κ1) is 15.5. The quantitative estimate of drug-likeness (QED) is 0.701. The Morgan fingerprint density at radius 3 is 2.79 bits per heavy atom. The fourth-order valence-corrected chi connectivity index (χ4v) is 1.98. The number of carbonyl (C=O) groups is 1. The van der Waals surface area contributed by atoms with E-state index in [1.165, 1.54) is 19.3 Å². The molecule has 0 aromatic carbocycles. The van der Waals surface area contributed by atoms with Crippen LogP contribution in [0.2, 0.25) is 0 Å². The number of nitrogens with one attached hydrogen (secondary N) is 1. The number of anilines is 1. The van der Waals surface area contributed by atoms with Crippen LogP contribution in [0.5, 0.6) is 0 Å². The summed E-state index contributed by atoms with van der Waals surface area (Å²) in [5.41, 5.74) is 0.370. The van der Waals surface area contributed by atoms with Gasteiger partial charge in [0.25, 0.3) is 0 Å². The van der Waals surface area contributed by atoms with E-state index in [0.717, 1.165) is 13.0 Å². The Kier molecular flexibility index (Phi) is 5.80. The molecule has 0 aliphatic rings. The third-order valence-electron chi connectivity index (χ3n) is 3.23. The molecule has 4 heteroatoms. The van der Waals surface area contributed by atoms with Gasteiger partial charge in [0.2, 0.25) is 0 Å². The van der Waals surface area contributed by atoms with E-state index >= 15 is 0 Å². The second-order valence-corrected chi connectivity index (χ2v) is 5.68. The molecule has 106 valence electrons. The fourth-order valence-electron chi connectivity index (χ4n) is 1.98. The minimum atomic E-state index is -0.945. The van der Waals surface area contributed by atoms with Crippen LogP contribution in [0.3, 0.4) is 0 Å². The molecule has 0 aliphatic heterocycles. The summed E-state index contributed by atoms with van der Waals surface area (Å²) in [5, 5.41) is 12.3. The van der Waals surface area contributed by atoms with Gasteiger partial charge in [0.1, 0.15) is 11.4 Å². The van der Waals surface area contributed by atoms with Crippen LogP contribution in [0.15, 0.2) is 18.3 Å². The van der Waals surface area contributed by atoms with E-state index in [0.29, 0.717) is 5.82 Å². The fraction of sp³-hybridized carbons (Fsp3) is 0.600. The Morgan fingerprint density at radius 1 is 1.42 bits per heavy atom. The Balaban J connectivity index is 2.58. The lowest BCUT2D eigenvalue weighted by atomic mass is 9.87. The lowest BCUT2D eigenvalue weighted by Crippen LogP contribution is -2.24. The summed E-state index contributed by atoms with van der Waals surface area (Å²) in [4.78, 5) is 15.2. The molecule has 1 rings (SSSR count). The Morgan fingerprint density at radius 2 is 2.16 bits per heavy atom. The average Bonchev–Trinajstić information content (AvgIpc) is 2.37. The summed E-state index contributed by atoms with van der Waals surface area (Å²) in [5.74, 6) is -0.488. The lowest BCUT2D eigenvalue weighted by molar-refractivity contribution is 0.0697. The summed E-state index contributed by atoms with van der Waals surface area (Å²) in [6.45, 7) is 7.31. The SMILES string of the molecule is CCCCCC(C)(C)CNc1ncccc1C(=O)O. The molecule has 4 nitrogen and oxygen atoms in total. The normalized spacial score (nSPS) is 11.3. The summed E-state index contributed by atoms with van der Waals surface area (Å²) in [6, 6.07) is 3.21. The van der Waals surface area contributed by atoms with Gasteiger partial charge in [-0.15, -0.1) is 0 Å². The zero-order valence-electron chi connectivity index (χ0n) is 12.1. The average molecular weight is 264 g/mol. The lowest BCUT2D eigenvalue weighted by Gasteiger charge is -2.25. The van der Waals surface area contributed by atoms with Gasteiger partial charge in [-0.25, -0.2) is 9.78 Å². The predicted octanol–water partition coefficient (Wildman–Crippen LogP) is 3.80. The predicted molar refractivity (Wildman–Crippen MR) is 77.6 cm³/mol. The van der Waals surface area contributed by atoms with Gasteiger partial charge in [0.15, 0.2) is 0 Å². The topological polar surface area (TPSA) is 62.2 Å². The zero-order chi connectivity index (χ0) is 14.3. The minimum Gasteiger partial charge on any atom is -0.478 e. The summed E-state index contributed by atoms with van der Waals surface area (Å²) in [6.07, 6.45) is 6.40. The number of pyridine rings is 1. The van der Waals surface area contributed by atoms with Crippen LogP contribution in [0.25, 0.3) is 0 Å². The number of rotatable bonds is 8. The summed E-state index contributed by atoms with van der Waals surface area (Å²) in [7, 11) is 0. The van der Waals surface area contributed by atoms with Crippen molar-refractivity contribution in [2.24, 2.45) is 5.41 Å². The first-order chi connectivity index (χ1) is 8.96. The van der Waals surface area contributed by atoms with Crippen LogP contribution in [-0.4, -0.2) is 22.6 Å². The maximum Gasteiger partial charge on any atom is 0.339 e. The van der Waals surface area contributed by atoms with Gasteiger partial charge in [0, 0.05) is 12.7 Å². The van der Waals surface area contributed by atoms with E-state index in [9.17, 15) is 4.79 Å². The van der Waals surface area contributed by atoms with Crippen molar-refractivity contribution in [1.82, 2.24) is 4.98 Å². The van der Waals surface area contributed by atoms with Crippen molar-refractivity contribution >= 4 is 11.8 Å². The second kappa shape index (κ2) is 7.12. The summed E-state index contributed by atoms with van der Waals surface area (Å²) >= 11 is 0. The number of hydrogen-bond donors (Lipinski definition) is 2. The highest BCUT2D eigenvalue weighted by Gasteiger charge is 2.19. The molecule has 1 heterocycles. The molecule has 0 unspecified atom stereocenters. The molecule has 0 aliphatic carbocycles. The zero-order valence-corrected chi connectivity index (χ0v) is 12.1. The number of carboxylic acids is 1. The summed E-state index contributed by atoms with van der Waals surface area (Å²) < 4.78 is 0. The van der Waals surface area contributed by atoms with Crippen molar-refractivity contribution in [2.45, 2.75) is 46.5 Å². The molecular weight excluding hydrogens is 240 g/mol. The first-order valence-electron chi connectivity index (χ1n) is 6.88. The third-order valence-corrected chi connectivity index (χ3v) is 3.23. The van der Waals surface area contributed by atoms with E-state index < -0.39 is 5.97 Å². The van der Waals surface area contributed by atoms with Gasteiger partial charge >= 0.3 is 5.97 Å². The van der Waals surface area contributed by atoms with Crippen molar-refractivity contribution in [1.29, 1.82) is 0 Å². The van der Waals surface area contributed by atoms with Crippen molar-refractivity contribution in [2.75, 3.05) is 11.9 Å². The van der Waals surface area contributed by atoms with Crippen LogP contribution in [-0.2, 0) is 0 Å². The molecule has 0 atom stereocenters. The van der Waals surface area contributed by atoms with Gasteiger partial charge in [-0.1, -0.05) is 40.0 Å². The van der Waals surface area contributed by atoms with Gasteiger partial charge in [-0.2, -0.15) is 0 Å². The van der Waals surface area contributed by atoms with Crippen LogP contribution in [0.4, 0.5) is 5.82 Å². The molecule has 2 N–H and O–H groups in total. The van der Waals surface area contributed by atoms with E-state index in [1.54, 1.807) is 18.3 Å². The van der Waals surface area contributed by atoms with Gasteiger partial charge in [-0.3, -0.25) is 0 Å². The molecule has 1 aromatic heterocycles. The molecule has 0 saturated carbocycles. The first-order valence-corrected chi connectivity index (χ1v) is 6.88. The Labute approximate surface area is 115 Å². The third kappa shape index (κ3) is 5.28. The van der Waals surface area contributed by atoms with Crippen LogP contribution in [0.1, 0.15) is 56.8 Å². The highest BCUT2D eigenvalue weighted by atomic mass is 16.4. The van der Waals surface area contributed by atoms with Crippen molar-refractivity contribution in [3.63, 3.8) is 0 Å². The molecule has 0 radical (unpaired) electrons. The van der Waals surface area contributed by atoms with Crippen molar-refractivity contribution in [3.05, 3.63) is 23.9 Å². The van der Waals surface area contributed by atoms with Crippen molar-refractivity contribution < 1.29 is 9.90 Å². The van der Waals surface area contributed by atoms with Gasteiger partial charge in [-0.05, 0) is 24.0 Å². The molecular formula is C15H24N2O2. The molecule has 0 fully saturated rings. The van der Waals surface area contributed by atoms with Crippen LogP contribution >= 0.6 is 0 Å². The number of carboxylic acid groups (broad SMARTS) is 1. The highest BCUT2D eigenvalue weighted by molar-refractivity contribution is 5.92. The monoisotopic (exact) mass is 264 g/mol. The van der Waals surface area contributed by atoms with Crippen molar-refractivity contribution in [3.8, 4) is 0 Å². The van der Waals surface area contributed by atoms with E-state index in [4.69, 9.17) is 5.11 Å². The molecule has 19 heavy (non-hydrogen) atoms. The van der Waals surface area contributed by atoms with E-state index in [1.807, 2.05) is 0 Å². The smallest absolute Gasteiger partial charge is 0.339 e. The van der Waals surface area contributed by atoms with Gasteiger partial charge in [0.05, 0.1) is 0 Å². The molecule has 0 bridgehead atoms. The number of aromatic nitrogens is 1. The minimum absolute atomic E-state index is 0.141. The maximum atomic E-state index is 11.1. The standard InChI is InChI=1S/C15H24N2O2/c1-4-5-6-9-15(2,3)11-17-13-12(14(18)19)8-7-10-16-13/h7-8,10H,4-6,9,11H2,1-3H3,(H,16,17)(H,18,19). The van der Waals surface area contributed by atoms with E-state index in [-0.39, 0.29) is 11.0 Å². The number of hydrogen-bond acceptors (Lipinski definition) is 3. The second-order valence-electron chi connectivity index (χ2n) is 5.68. The highest BCUT2D eigenvalue weighted by Crippen LogP contribution is 2.24. The Bertz CT molecular complexity index is 416. The number of unbranched alkanes of at least 4 members (excludes halogenated alkanes) is 2. The van der Waals surface area contributed by atoms with Gasteiger partial charge < -0.3 is 10.4 Å². The maximum absolute atomic E-state index is 11.1. The molecule has 1 aromatic rings. The largest absolute Gasteiger partial charge is 0.478 e. The number of nitrogens with zero attached hydrogens (tertiary/aromatic N) is 1. The van der Waals surface area contributed by atoms with E-state index in [2.05, 4.69) is 31.1 Å². The molecule has 0 spiro atoms. The Hall–Kier alpha value is -1.58.